The average molecular weight is 409 g/mol. The van der Waals surface area contributed by atoms with Gasteiger partial charge >= 0.3 is 5.69 Å². The smallest absolute Gasteiger partial charge is 0.346 e. The highest BCUT2D eigenvalue weighted by molar-refractivity contribution is 7.89. The highest BCUT2D eigenvalue weighted by Gasteiger charge is 2.31. The van der Waals surface area contributed by atoms with Crippen molar-refractivity contribution < 1.29 is 12.8 Å². The largest absolute Gasteiger partial charge is 0.461 e. The van der Waals surface area contributed by atoms with E-state index in [-0.39, 0.29) is 29.7 Å². The summed E-state index contributed by atoms with van der Waals surface area (Å²) in [7, 11) is -3.69. The molecule has 142 valence electrons. The quantitative estimate of drug-likeness (QED) is 0.646. The lowest BCUT2D eigenvalue weighted by Crippen LogP contribution is -2.32. The highest BCUT2D eigenvalue weighted by Crippen LogP contribution is 2.36. The fourth-order valence-electron chi connectivity index (χ4n) is 2.78. The van der Waals surface area contributed by atoms with E-state index in [1.165, 1.54) is 35.2 Å². The molecule has 0 atom stereocenters. The van der Waals surface area contributed by atoms with Gasteiger partial charge in [-0.2, -0.15) is 0 Å². The van der Waals surface area contributed by atoms with Crippen LogP contribution in [0.15, 0.2) is 56.8 Å². The van der Waals surface area contributed by atoms with Gasteiger partial charge in [-0.1, -0.05) is 11.6 Å². The Morgan fingerprint density at radius 2 is 1.96 bits per heavy atom. The first-order valence-corrected chi connectivity index (χ1v) is 10.3. The molecule has 2 heterocycles. The second-order valence-corrected chi connectivity index (χ2v) is 8.46. The van der Waals surface area contributed by atoms with Crippen molar-refractivity contribution in [1.82, 2.24) is 19.1 Å². The minimum atomic E-state index is -3.69. The predicted octanol–water partition coefficient (Wildman–Crippen LogP) is 2.27. The molecule has 10 heteroatoms. The monoisotopic (exact) mass is 408 g/mol. The molecule has 1 N–H and O–H groups in total. The Labute approximate surface area is 160 Å². The molecule has 0 unspecified atom stereocenters. The second-order valence-electron chi connectivity index (χ2n) is 6.26. The number of aromatic nitrogens is 3. The van der Waals surface area contributed by atoms with Gasteiger partial charge in [-0.15, -0.1) is 5.10 Å². The Kier molecular flexibility index (Phi) is 4.67. The van der Waals surface area contributed by atoms with Gasteiger partial charge in [0, 0.05) is 17.6 Å². The molecule has 1 saturated carbocycles. The van der Waals surface area contributed by atoms with E-state index < -0.39 is 10.0 Å². The minimum absolute atomic E-state index is 0.0319. The Bertz CT molecular complexity index is 1100. The van der Waals surface area contributed by atoms with Gasteiger partial charge in [0.05, 0.1) is 17.7 Å². The molecular formula is C17H17ClN4O4S. The van der Waals surface area contributed by atoms with Gasteiger partial charge in [0.15, 0.2) is 5.76 Å². The van der Waals surface area contributed by atoms with Gasteiger partial charge in [0.25, 0.3) is 0 Å². The first-order chi connectivity index (χ1) is 13.0. The minimum Gasteiger partial charge on any atom is -0.461 e. The lowest BCUT2D eigenvalue weighted by molar-refractivity contribution is 0.546. The zero-order valence-corrected chi connectivity index (χ0v) is 15.8. The molecule has 2 aromatic heterocycles. The lowest BCUT2D eigenvalue weighted by atomic mass is 10.4. The zero-order valence-electron chi connectivity index (χ0n) is 14.2. The molecule has 0 saturated heterocycles. The van der Waals surface area contributed by atoms with E-state index in [1.54, 1.807) is 16.7 Å². The van der Waals surface area contributed by atoms with Crippen molar-refractivity contribution in [2.45, 2.75) is 30.3 Å². The number of nitrogens with one attached hydrogen (secondary N) is 1. The van der Waals surface area contributed by atoms with Crippen LogP contribution in [0.1, 0.15) is 18.9 Å². The fraction of sp³-hybridized carbons (Fsp3) is 0.294. The Morgan fingerprint density at radius 1 is 1.22 bits per heavy atom. The first-order valence-electron chi connectivity index (χ1n) is 8.44. The summed E-state index contributed by atoms with van der Waals surface area (Å²) in [6.45, 7) is 0.142. The summed E-state index contributed by atoms with van der Waals surface area (Å²) in [6, 6.07) is 9.46. The van der Waals surface area contributed by atoms with Crippen LogP contribution in [0.4, 0.5) is 0 Å². The van der Waals surface area contributed by atoms with Crippen LogP contribution in [0.5, 0.6) is 0 Å². The molecule has 3 aromatic rings. The van der Waals surface area contributed by atoms with Crippen LogP contribution >= 0.6 is 11.6 Å². The van der Waals surface area contributed by atoms with Crippen molar-refractivity contribution in [3.8, 4) is 11.6 Å². The topological polar surface area (TPSA) is 99.1 Å². The maximum Gasteiger partial charge on any atom is 0.346 e. The Balaban J connectivity index is 1.51. The maximum atomic E-state index is 12.7. The van der Waals surface area contributed by atoms with Gasteiger partial charge in [-0.3, -0.25) is 4.57 Å². The zero-order chi connectivity index (χ0) is 19.0. The molecule has 4 rings (SSSR count). The highest BCUT2D eigenvalue weighted by atomic mass is 35.5. The van der Waals surface area contributed by atoms with Crippen LogP contribution in [0.2, 0.25) is 5.02 Å². The molecular weight excluding hydrogens is 392 g/mol. The molecule has 0 amide bonds. The lowest BCUT2D eigenvalue weighted by Gasteiger charge is -2.06. The molecule has 0 aliphatic heterocycles. The number of hydrogen-bond donors (Lipinski definition) is 1. The van der Waals surface area contributed by atoms with Crippen molar-refractivity contribution in [2.24, 2.45) is 0 Å². The van der Waals surface area contributed by atoms with E-state index in [0.717, 1.165) is 12.8 Å². The molecule has 0 bridgehead atoms. The van der Waals surface area contributed by atoms with Crippen LogP contribution in [0.25, 0.3) is 11.6 Å². The maximum absolute atomic E-state index is 12.7. The van der Waals surface area contributed by atoms with Crippen LogP contribution in [0, 0.1) is 0 Å². The molecule has 27 heavy (non-hydrogen) atoms. The normalized spacial score (nSPS) is 14.6. The van der Waals surface area contributed by atoms with E-state index in [2.05, 4.69) is 9.82 Å². The summed E-state index contributed by atoms with van der Waals surface area (Å²) < 4.78 is 35.4. The molecule has 1 aromatic carbocycles. The van der Waals surface area contributed by atoms with Crippen molar-refractivity contribution in [1.29, 1.82) is 0 Å². The third-order valence-electron chi connectivity index (χ3n) is 4.26. The SMILES string of the molecule is O=c1n(CCNS(=O)(=O)c2ccc(Cl)cc2)nc(-c2ccco2)n1C1CC1. The predicted molar refractivity (Wildman–Crippen MR) is 99.1 cm³/mol. The van der Waals surface area contributed by atoms with Crippen molar-refractivity contribution in [3.05, 3.63) is 58.2 Å². The van der Waals surface area contributed by atoms with E-state index in [9.17, 15) is 13.2 Å². The summed E-state index contributed by atoms with van der Waals surface area (Å²) in [5, 5.41) is 4.79. The van der Waals surface area contributed by atoms with Crippen LogP contribution in [-0.4, -0.2) is 29.3 Å². The van der Waals surface area contributed by atoms with E-state index >= 15 is 0 Å². The van der Waals surface area contributed by atoms with Crippen molar-refractivity contribution >= 4 is 21.6 Å². The van der Waals surface area contributed by atoms with Crippen molar-refractivity contribution in [3.63, 3.8) is 0 Å². The standard InChI is InChI=1S/C17H17ClN4O4S/c18-12-3-7-14(8-4-12)27(24,25)19-9-10-21-17(23)22(13-5-6-13)16(20-21)15-2-1-11-26-15/h1-4,7-8,11,13,19H,5-6,9-10H2. The van der Waals surface area contributed by atoms with Crippen molar-refractivity contribution in [2.75, 3.05) is 6.54 Å². The van der Waals surface area contributed by atoms with Gasteiger partial charge in [-0.25, -0.2) is 22.6 Å². The number of halogens is 1. The van der Waals surface area contributed by atoms with Gasteiger partial charge in [0.2, 0.25) is 15.8 Å². The number of benzene rings is 1. The summed E-state index contributed by atoms with van der Waals surface area (Å²) in [5.74, 6) is 0.979. The third kappa shape index (κ3) is 3.71. The van der Waals surface area contributed by atoms with Gasteiger partial charge in [-0.05, 0) is 49.2 Å². The van der Waals surface area contributed by atoms with E-state index in [0.29, 0.717) is 16.6 Å². The van der Waals surface area contributed by atoms with Gasteiger partial charge in [0.1, 0.15) is 0 Å². The summed E-state index contributed by atoms with van der Waals surface area (Å²) in [6.07, 6.45) is 3.36. The van der Waals surface area contributed by atoms with Gasteiger partial charge < -0.3 is 4.42 Å². The molecule has 8 nitrogen and oxygen atoms in total. The van der Waals surface area contributed by atoms with Crippen LogP contribution in [-0.2, 0) is 16.6 Å². The summed E-state index contributed by atoms with van der Waals surface area (Å²) in [4.78, 5) is 12.8. The number of rotatable bonds is 7. The number of nitrogens with zero attached hydrogens (tertiary/aromatic N) is 3. The molecule has 0 spiro atoms. The fourth-order valence-corrected chi connectivity index (χ4v) is 3.93. The van der Waals surface area contributed by atoms with Crippen LogP contribution < -0.4 is 10.4 Å². The summed E-state index contributed by atoms with van der Waals surface area (Å²) in [5.41, 5.74) is -0.269. The molecule has 0 radical (unpaired) electrons. The number of sulfonamides is 1. The second kappa shape index (κ2) is 6.99. The Hall–Kier alpha value is -2.36. The number of furan rings is 1. The molecule has 1 fully saturated rings. The van der Waals surface area contributed by atoms with E-state index in [1.807, 2.05) is 0 Å². The molecule has 1 aliphatic rings. The average Bonchev–Trinajstić information content (AvgIpc) is 3.21. The number of hydrogen-bond acceptors (Lipinski definition) is 5. The third-order valence-corrected chi connectivity index (χ3v) is 5.99. The first kappa shape index (κ1) is 18.0. The molecule has 1 aliphatic carbocycles. The van der Waals surface area contributed by atoms with E-state index in [4.69, 9.17) is 16.0 Å². The van der Waals surface area contributed by atoms with Crippen LogP contribution in [0.3, 0.4) is 0 Å². The summed E-state index contributed by atoms with van der Waals surface area (Å²) >= 11 is 5.78. The Morgan fingerprint density at radius 3 is 2.59 bits per heavy atom.